The van der Waals surface area contributed by atoms with Crippen molar-refractivity contribution >= 4 is 17.4 Å². The van der Waals surface area contributed by atoms with E-state index < -0.39 is 0 Å². The highest BCUT2D eigenvalue weighted by molar-refractivity contribution is 6.07. The first-order valence-corrected chi connectivity index (χ1v) is 8.31. The first-order valence-electron chi connectivity index (χ1n) is 8.31. The van der Waals surface area contributed by atoms with E-state index >= 15 is 0 Å². The molecule has 5 nitrogen and oxygen atoms in total. The molecule has 0 saturated carbocycles. The summed E-state index contributed by atoms with van der Waals surface area (Å²) in [7, 11) is 0. The SMILES string of the molecule is Cc1cc(C)cc(Oc2cccc(NC(=O)c3ccc(C)nc3N)c2)c1. The average Bonchev–Trinajstić information content (AvgIpc) is 2.54. The summed E-state index contributed by atoms with van der Waals surface area (Å²) in [5.41, 5.74) is 9.83. The van der Waals surface area contributed by atoms with E-state index in [0.29, 0.717) is 17.0 Å². The number of nitrogens with two attached hydrogens (primary N) is 1. The number of pyridine rings is 1. The van der Waals surface area contributed by atoms with E-state index in [1.54, 1.807) is 24.3 Å². The molecule has 0 saturated heterocycles. The highest BCUT2D eigenvalue weighted by atomic mass is 16.5. The van der Waals surface area contributed by atoms with Crippen molar-refractivity contribution in [3.8, 4) is 11.5 Å². The number of aromatic nitrogens is 1. The highest BCUT2D eigenvalue weighted by Crippen LogP contribution is 2.26. The number of hydrogen-bond donors (Lipinski definition) is 2. The Balaban J connectivity index is 1.77. The summed E-state index contributed by atoms with van der Waals surface area (Å²) in [6, 6.07) is 16.7. The van der Waals surface area contributed by atoms with Crippen LogP contribution in [0.5, 0.6) is 11.5 Å². The number of carbonyl (C=O) groups is 1. The minimum atomic E-state index is -0.307. The lowest BCUT2D eigenvalue weighted by Crippen LogP contribution is -2.15. The van der Waals surface area contributed by atoms with Gasteiger partial charge in [0.05, 0.1) is 5.56 Å². The fourth-order valence-electron chi connectivity index (χ4n) is 2.73. The maximum Gasteiger partial charge on any atom is 0.259 e. The first kappa shape index (κ1) is 17.5. The quantitative estimate of drug-likeness (QED) is 0.721. The third-order valence-corrected chi connectivity index (χ3v) is 3.83. The molecule has 0 fully saturated rings. The van der Waals surface area contributed by atoms with Crippen molar-refractivity contribution in [2.45, 2.75) is 20.8 Å². The number of anilines is 2. The molecule has 26 heavy (non-hydrogen) atoms. The lowest BCUT2D eigenvalue weighted by Gasteiger charge is -2.11. The Morgan fingerprint density at radius 2 is 1.69 bits per heavy atom. The molecule has 0 radical (unpaired) electrons. The molecule has 1 heterocycles. The van der Waals surface area contributed by atoms with Gasteiger partial charge in [0.25, 0.3) is 5.91 Å². The van der Waals surface area contributed by atoms with Crippen molar-refractivity contribution in [1.82, 2.24) is 4.98 Å². The van der Waals surface area contributed by atoms with Crippen LogP contribution in [-0.4, -0.2) is 10.9 Å². The first-order chi connectivity index (χ1) is 12.4. The monoisotopic (exact) mass is 347 g/mol. The molecular formula is C21H21N3O2. The Kier molecular flexibility index (Phi) is 4.89. The third kappa shape index (κ3) is 4.19. The Hall–Kier alpha value is -3.34. The molecule has 3 N–H and O–H groups in total. The second-order valence-corrected chi connectivity index (χ2v) is 6.29. The molecular weight excluding hydrogens is 326 g/mol. The second kappa shape index (κ2) is 7.27. The third-order valence-electron chi connectivity index (χ3n) is 3.83. The van der Waals surface area contributed by atoms with E-state index in [1.165, 1.54) is 0 Å². The summed E-state index contributed by atoms with van der Waals surface area (Å²) < 4.78 is 5.92. The molecule has 1 amide bonds. The van der Waals surface area contributed by atoms with Gasteiger partial charge in [-0.15, -0.1) is 0 Å². The van der Waals surface area contributed by atoms with Gasteiger partial charge in [0.2, 0.25) is 0 Å². The number of nitrogens with one attached hydrogen (secondary N) is 1. The zero-order chi connectivity index (χ0) is 18.7. The fraction of sp³-hybridized carbons (Fsp3) is 0.143. The molecule has 0 aliphatic rings. The van der Waals surface area contributed by atoms with E-state index in [0.717, 1.165) is 22.6 Å². The minimum Gasteiger partial charge on any atom is -0.457 e. The molecule has 3 aromatic rings. The van der Waals surface area contributed by atoms with Gasteiger partial charge in [-0.1, -0.05) is 12.1 Å². The lowest BCUT2D eigenvalue weighted by atomic mass is 10.1. The summed E-state index contributed by atoms with van der Waals surface area (Å²) in [5, 5.41) is 2.83. The van der Waals surface area contributed by atoms with Crippen LogP contribution in [0.1, 0.15) is 27.2 Å². The molecule has 0 unspecified atom stereocenters. The van der Waals surface area contributed by atoms with Crippen LogP contribution in [-0.2, 0) is 0 Å². The molecule has 132 valence electrons. The summed E-state index contributed by atoms with van der Waals surface area (Å²) in [6.45, 7) is 5.87. The number of ether oxygens (including phenoxy) is 1. The second-order valence-electron chi connectivity index (χ2n) is 6.29. The van der Waals surface area contributed by atoms with Crippen molar-refractivity contribution in [3.05, 3.63) is 77.0 Å². The van der Waals surface area contributed by atoms with Crippen molar-refractivity contribution in [2.75, 3.05) is 11.1 Å². The van der Waals surface area contributed by atoms with Crippen LogP contribution in [0.15, 0.2) is 54.6 Å². The van der Waals surface area contributed by atoms with Crippen LogP contribution >= 0.6 is 0 Å². The Morgan fingerprint density at radius 1 is 0.962 bits per heavy atom. The van der Waals surface area contributed by atoms with E-state index in [2.05, 4.69) is 16.4 Å². The average molecular weight is 347 g/mol. The summed E-state index contributed by atoms with van der Waals surface area (Å²) in [6.07, 6.45) is 0. The minimum absolute atomic E-state index is 0.213. The summed E-state index contributed by atoms with van der Waals surface area (Å²) >= 11 is 0. The molecule has 1 aromatic heterocycles. The maximum absolute atomic E-state index is 12.4. The van der Waals surface area contributed by atoms with Crippen LogP contribution in [0.4, 0.5) is 11.5 Å². The number of rotatable bonds is 4. The molecule has 0 bridgehead atoms. The van der Waals surface area contributed by atoms with Crippen LogP contribution in [0, 0.1) is 20.8 Å². The normalized spacial score (nSPS) is 10.4. The predicted molar refractivity (Wildman–Crippen MR) is 104 cm³/mol. The fourth-order valence-corrected chi connectivity index (χ4v) is 2.73. The van der Waals surface area contributed by atoms with Crippen molar-refractivity contribution in [1.29, 1.82) is 0 Å². The number of aryl methyl sites for hydroxylation is 3. The van der Waals surface area contributed by atoms with Crippen LogP contribution in [0.3, 0.4) is 0 Å². The molecule has 5 heteroatoms. The smallest absolute Gasteiger partial charge is 0.259 e. The molecule has 2 aromatic carbocycles. The van der Waals surface area contributed by atoms with Gasteiger partial charge in [-0.05, 0) is 68.3 Å². The van der Waals surface area contributed by atoms with Crippen LogP contribution in [0.2, 0.25) is 0 Å². The van der Waals surface area contributed by atoms with E-state index in [1.807, 2.05) is 45.0 Å². The summed E-state index contributed by atoms with van der Waals surface area (Å²) in [5.74, 6) is 1.31. The maximum atomic E-state index is 12.4. The van der Waals surface area contributed by atoms with Crippen molar-refractivity contribution < 1.29 is 9.53 Å². The molecule has 0 atom stereocenters. The van der Waals surface area contributed by atoms with E-state index in [-0.39, 0.29) is 11.7 Å². The number of amides is 1. The topological polar surface area (TPSA) is 77.2 Å². The summed E-state index contributed by atoms with van der Waals surface area (Å²) in [4.78, 5) is 16.6. The highest BCUT2D eigenvalue weighted by Gasteiger charge is 2.11. The number of carbonyl (C=O) groups excluding carboxylic acids is 1. The van der Waals surface area contributed by atoms with E-state index in [4.69, 9.17) is 10.5 Å². The number of hydrogen-bond acceptors (Lipinski definition) is 4. The van der Waals surface area contributed by atoms with Gasteiger partial charge in [-0.2, -0.15) is 0 Å². The standard InChI is InChI=1S/C21H21N3O2/c1-13-9-14(2)11-18(10-13)26-17-6-4-5-16(12-17)24-21(25)19-8-7-15(3)23-20(19)22/h4-12H,1-3H3,(H2,22,23)(H,24,25). The Morgan fingerprint density at radius 3 is 2.38 bits per heavy atom. The predicted octanol–water partition coefficient (Wildman–Crippen LogP) is 4.63. The van der Waals surface area contributed by atoms with Gasteiger partial charge < -0.3 is 15.8 Å². The molecule has 0 spiro atoms. The van der Waals surface area contributed by atoms with Gasteiger partial charge in [0.15, 0.2) is 0 Å². The van der Waals surface area contributed by atoms with Crippen molar-refractivity contribution in [3.63, 3.8) is 0 Å². The molecule has 0 aliphatic heterocycles. The van der Waals surface area contributed by atoms with Gasteiger partial charge in [0, 0.05) is 17.4 Å². The largest absolute Gasteiger partial charge is 0.457 e. The molecule has 3 rings (SSSR count). The van der Waals surface area contributed by atoms with Gasteiger partial charge in [-0.25, -0.2) is 4.98 Å². The lowest BCUT2D eigenvalue weighted by molar-refractivity contribution is 0.102. The van der Waals surface area contributed by atoms with Gasteiger partial charge in [0.1, 0.15) is 17.3 Å². The van der Waals surface area contributed by atoms with Gasteiger partial charge >= 0.3 is 0 Å². The van der Waals surface area contributed by atoms with Crippen LogP contribution < -0.4 is 15.8 Å². The number of nitrogens with zero attached hydrogens (tertiary/aromatic N) is 1. The van der Waals surface area contributed by atoms with Crippen LogP contribution in [0.25, 0.3) is 0 Å². The number of nitrogen functional groups attached to an aromatic ring is 1. The zero-order valence-corrected chi connectivity index (χ0v) is 15.0. The molecule has 0 aliphatic carbocycles. The van der Waals surface area contributed by atoms with Gasteiger partial charge in [-0.3, -0.25) is 4.79 Å². The zero-order valence-electron chi connectivity index (χ0n) is 15.0. The van der Waals surface area contributed by atoms with E-state index in [9.17, 15) is 4.79 Å². The number of benzene rings is 2. The van der Waals surface area contributed by atoms with Crippen molar-refractivity contribution in [2.24, 2.45) is 0 Å². The Labute approximate surface area is 152 Å². The Bertz CT molecular complexity index is 947.